The Morgan fingerprint density at radius 2 is 2.06 bits per heavy atom. The van der Waals surface area contributed by atoms with E-state index in [4.69, 9.17) is 4.74 Å². The minimum atomic E-state index is 0.338. The van der Waals surface area contributed by atoms with Crippen LogP contribution in [0.3, 0.4) is 0 Å². The van der Waals surface area contributed by atoms with Crippen molar-refractivity contribution in [3.05, 3.63) is 47.7 Å². The van der Waals surface area contributed by atoms with E-state index in [-0.39, 0.29) is 0 Å². The Balaban J connectivity index is 1.74. The summed E-state index contributed by atoms with van der Waals surface area (Å²) in [5.41, 5.74) is 2.74. The van der Waals surface area contributed by atoms with E-state index in [9.17, 15) is 0 Å². The van der Waals surface area contributed by atoms with Crippen molar-refractivity contribution in [2.24, 2.45) is 0 Å². The molecular formula is C16H23NO. The van der Waals surface area contributed by atoms with Crippen LogP contribution in [0.1, 0.15) is 43.7 Å². The topological polar surface area (TPSA) is 21.3 Å². The molecule has 0 saturated heterocycles. The van der Waals surface area contributed by atoms with Crippen LogP contribution >= 0.6 is 0 Å². The normalized spacial score (nSPS) is 18.9. The minimum Gasteiger partial charge on any atom is -0.497 e. The van der Waals surface area contributed by atoms with Crippen LogP contribution in [-0.4, -0.2) is 12.6 Å². The first-order valence-electron chi connectivity index (χ1n) is 6.85. The number of allylic oxidation sites excluding steroid dienone is 1. The number of hydrogen-bond acceptors (Lipinski definition) is 2. The summed E-state index contributed by atoms with van der Waals surface area (Å²) in [6.07, 6.45) is 6.50. The molecule has 0 bridgehead atoms. The highest BCUT2D eigenvalue weighted by Crippen LogP contribution is 2.14. The van der Waals surface area contributed by atoms with Gasteiger partial charge in [0.05, 0.1) is 6.26 Å². The molecular weight excluding hydrogens is 222 g/mol. The Bertz CT molecular complexity index is 381. The molecule has 1 aliphatic rings. The van der Waals surface area contributed by atoms with Crippen LogP contribution in [-0.2, 0) is 11.3 Å². The third-order valence-corrected chi connectivity index (χ3v) is 3.37. The van der Waals surface area contributed by atoms with Crippen LogP contribution < -0.4 is 5.32 Å². The molecule has 0 fully saturated rings. The summed E-state index contributed by atoms with van der Waals surface area (Å²) in [5.74, 6) is 0.606. The molecule has 1 atom stereocenters. The molecule has 0 radical (unpaired) electrons. The highest BCUT2D eigenvalue weighted by Gasteiger charge is 2.09. The summed E-state index contributed by atoms with van der Waals surface area (Å²) in [6, 6.07) is 8.87. The molecule has 98 valence electrons. The molecule has 2 rings (SSSR count). The number of benzene rings is 1. The smallest absolute Gasteiger partial charge is 0.110 e. The predicted molar refractivity (Wildman–Crippen MR) is 75.5 cm³/mol. The Kier molecular flexibility index (Phi) is 4.82. The van der Waals surface area contributed by atoms with Crippen molar-refractivity contribution in [1.29, 1.82) is 0 Å². The van der Waals surface area contributed by atoms with Crippen molar-refractivity contribution in [2.45, 2.75) is 45.3 Å². The van der Waals surface area contributed by atoms with Gasteiger partial charge in [-0.15, -0.1) is 0 Å². The molecule has 0 aliphatic carbocycles. The molecule has 1 aromatic carbocycles. The SMILES string of the molecule is CC(C)c1ccc(CNCC2CCC=CO2)cc1. The van der Waals surface area contributed by atoms with Crippen molar-refractivity contribution >= 4 is 0 Å². The summed E-state index contributed by atoms with van der Waals surface area (Å²) in [5, 5.41) is 3.46. The maximum atomic E-state index is 5.52. The summed E-state index contributed by atoms with van der Waals surface area (Å²) in [7, 11) is 0. The van der Waals surface area contributed by atoms with Gasteiger partial charge >= 0.3 is 0 Å². The average molecular weight is 245 g/mol. The summed E-state index contributed by atoms with van der Waals surface area (Å²) >= 11 is 0. The lowest BCUT2D eigenvalue weighted by Crippen LogP contribution is -2.28. The van der Waals surface area contributed by atoms with E-state index in [1.165, 1.54) is 11.1 Å². The number of ether oxygens (including phenoxy) is 1. The highest BCUT2D eigenvalue weighted by atomic mass is 16.5. The van der Waals surface area contributed by atoms with Crippen molar-refractivity contribution < 1.29 is 4.74 Å². The van der Waals surface area contributed by atoms with Gasteiger partial charge in [-0.2, -0.15) is 0 Å². The molecule has 1 N–H and O–H groups in total. The molecule has 0 saturated carbocycles. The van der Waals surface area contributed by atoms with E-state index in [2.05, 4.69) is 49.5 Å². The molecule has 1 heterocycles. The zero-order chi connectivity index (χ0) is 12.8. The second-order valence-electron chi connectivity index (χ2n) is 5.23. The van der Waals surface area contributed by atoms with Crippen LogP contribution in [0.4, 0.5) is 0 Å². The first-order valence-corrected chi connectivity index (χ1v) is 6.85. The van der Waals surface area contributed by atoms with Gasteiger partial charge in [-0.1, -0.05) is 38.1 Å². The summed E-state index contributed by atoms with van der Waals surface area (Å²) in [4.78, 5) is 0. The van der Waals surface area contributed by atoms with Gasteiger partial charge < -0.3 is 10.1 Å². The Hall–Kier alpha value is -1.28. The Morgan fingerprint density at radius 1 is 1.28 bits per heavy atom. The third-order valence-electron chi connectivity index (χ3n) is 3.37. The van der Waals surface area contributed by atoms with E-state index in [0.29, 0.717) is 12.0 Å². The fourth-order valence-electron chi connectivity index (χ4n) is 2.13. The van der Waals surface area contributed by atoms with Gasteiger partial charge in [-0.3, -0.25) is 0 Å². The van der Waals surface area contributed by atoms with E-state index in [0.717, 1.165) is 25.9 Å². The molecule has 2 nitrogen and oxygen atoms in total. The van der Waals surface area contributed by atoms with Crippen molar-refractivity contribution in [3.63, 3.8) is 0 Å². The van der Waals surface area contributed by atoms with Crippen LogP contribution in [0, 0.1) is 0 Å². The lowest BCUT2D eigenvalue weighted by Gasteiger charge is -2.19. The maximum Gasteiger partial charge on any atom is 0.110 e. The minimum absolute atomic E-state index is 0.338. The first kappa shape index (κ1) is 13.2. The zero-order valence-electron chi connectivity index (χ0n) is 11.4. The fraction of sp³-hybridized carbons (Fsp3) is 0.500. The first-order chi connectivity index (χ1) is 8.75. The molecule has 0 spiro atoms. The van der Waals surface area contributed by atoms with E-state index in [1.807, 2.05) is 6.26 Å². The number of rotatable bonds is 5. The van der Waals surface area contributed by atoms with Crippen LogP contribution in [0.25, 0.3) is 0 Å². The van der Waals surface area contributed by atoms with Crippen LogP contribution in [0.15, 0.2) is 36.6 Å². The fourth-order valence-corrected chi connectivity index (χ4v) is 2.13. The van der Waals surface area contributed by atoms with Crippen LogP contribution in [0.2, 0.25) is 0 Å². The van der Waals surface area contributed by atoms with Gasteiger partial charge in [-0.25, -0.2) is 0 Å². The third kappa shape index (κ3) is 3.88. The molecule has 0 amide bonds. The standard InChI is InChI=1S/C16H23NO/c1-13(2)15-8-6-14(7-9-15)11-17-12-16-5-3-4-10-18-16/h4,6-10,13,16-17H,3,5,11-12H2,1-2H3. The molecule has 1 aliphatic heterocycles. The van der Waals surface area contributed by atoms with E-state index < -0.39 is 0 Å². The molecule has 2 heteroatoms. The Labute approximate surface area is 110 Å². The monoisotopic (exact) mass is 245 g/mol. The number of hydrogen-bond donors (Lipinski definition) is 1. The molecule has 0 aromatic heterocycles. The molecule has 18 heavy (non-hydrogen) atoms. The van der Waals surface area contributed by atoms with Crippen LogP contribution in [0.5, 0.6) is 0 Å². The maximum absolute atomic E-state index is 5.52. The summed E-state index contributed by atoms with van der Waals surface area (Å²) < 4.78 is 5.52. The quantitative estimate of drug-likeness (QED) is 0.856. The lowest BCUT2D eigenvalue weighted by molar-refractivity contribution is 0.122. The van der Waals surface area contributed by atoms with Gasteiger partial charge in [0.25, 0.3) is 0 Å². The second-order valence-corrected chi connectivity index (χ2v) is 5.23. The second kappa shape index (κ2) is 6.60. The lowest BCUT2D eigenvalue weighted by atomic mass is 10.0. The van der Waals surface area contributed by atoms with E-state index >= 15 is 0 Å². The van der Waals surface area contributed by atoms with Gasteiger partial charge in [0.2, 0.25) is 0 Å². The van der Waals surface area contributed by atoms with Crippen molar-refractivity contribution in [2.75, 3.05) is 6.54 Å². The van der Waals surface area contributed by atoms with Gasteiger partial charge in [0, 0.05) is 13.1 Å². The van der Waals surface area contributed by atoms with Crippen molar-refractivity contribution in [3.8, 4) is 0 Å². The highest BCUT2D eigenvalue weighted by molar-refractivity contribution is 5.24. The van der Waals surface area contributed by atoms with Crippen molar-refractivity contribution in [1.82, 2.24) is 5.32 Å². The number of nitrogens with one attached hydrogen (secondary N) is 1. The predicted octanol–water partition coefficient (Wildman–Crippen LogP) is 3.59. The largest absolute Gasteiger partial charge is 0.497 e. The average Bonchev–Trinajstić information content (AvgIpc) is 2.40. The van der Waals surface area contributed by atoms with Gasteiger partial charge in [-0.05, 0) is 36.0 Å². The zero-order valence-corrected chi connectivity index (χ0v) is 11.4. The molecule has 1 aromatic rings. The van der Waals surface area contributed by atoms with E-state index in [1.54, 1.807) is 0 Å². The Morgan fingerprint density at radius 3 is 2.67 bits per heavy atom. The van der Waals surface area contributed by atoms with Gasteiger partial charge in [0.1, 0.15) is 6.10 Å². The molecule has 1 unspecified atom stereocenters. The summed E-state index contributed by atoms with van der Waals surface area (Å²) in [6.45, 7) is 6.29. The van der Waals surface area contributed by atoms with Gasteiger partial charge in [0.15, 0.2) is 0 Å².